The van der Waals surface area contributed by atoms with Crippen LogP contribution in [0.1, 0.15) is 32.0 Å². The van der Waals surface area contributed by atoms with Gasteiger partial charge in [0.1, 0.15) is 5.82 Å². The summed E-state index contributed by atoms with van der Waals surface area (Å²) in [6.07, 6.45) is 2.31. The van der Waals surface area contributed by atoms with Crippen LogP contribution < -0.4 is 5.32 Å². The van der Waals surface area contributed by atoms with Gasteiger partial charge >= 0.3 is 0 Å². The number of thioether (sulfide) groups is 1. The van der Waals surface area contributed by atoms with E-state index in [1.165, 1.54) is 0 Å². The third kappa shape index (κ3) is 5.25. The number of benzene rings is 1. The standard InChI is InChI=1S/C16H21ClN4OS/c1-3-9-18-15(22)8-5-10-23-16-20-19-12(2)21(16)14-7-4-6-13(17)11-14/h4,6-7,11H,3,5,8-10H2,1-2H3,(H,18,22). The Morgan fingerprint density at radius 1 is 1.39 bits per heavy atom. The van der Waals surface area contributed by atoms with Crippen LogP contribution in [0.3, 0.4) is 0 Å². The monoisotopic (exact) mass is 352 g/mol. The third-order valence-corrected chi connectivity index (χ3v) is 4.46. The van der Waals surface area contributed by atoms with Crippen LogP contribution in [0.25, 0.3) is 5.69 Å². The van der Waals surface area contributed by atoms with Gasteiger partial charge in [0, 0.05) is 23.7 Å². The normalized spacial score (nSPS) is 10.7. The molecular weight excluding hydrogens is 332 g/mol. The van der Waals surface area contributed by atoms with Gasteiger partial charge in [-0.25, -0.2) is 0 Å². The van der Waals surface area contributed by atoms with Gasteiger partial charge in [0.25, 0.3) is 0 Å². The Bertz CT molecular complexity index is 659. The molecule has 0 radical (unpaired) electrons. The maximum atomic E-state index is 11.6. The Labute approximate surface area is 145 Å². The van der Waals surface area contributed by atoms with Crippen LogP contribution in [0.15, 0.2) is 29.4 Å². The summed E-state index contributed by atoms with van der Waals surface area (Å²) in [4.78, 5) is 11.6. The van der Waals surface area contributed by atoms with Crippen LogP contribution in [-0.4, -0.2) is 33.0 Å². The lowest BCUT2D eigenvalue weighted by atomic mass is 10.3. The van der Waals surface area contributed by atoms with E-state index in [1.807, 2.05) is 42.7 Å². The van der Waals surface area contributed by atoms with Gasteiger partial charge in [0.15, 0.2) is 5.16 Å². The number of amides is 1. The summed E-state index contributed by atoms with van der Waals surface area (Å²) in [5.74, 6) is 1.74. The summed E-state index contributed by atoms with van der Waals surface area (Å²) in [7, 11) is 0. The Balaban J connectivity index is 1.93. The van der Waals surface area contributed by atoms with Gasteiger partial charge in [-0.3, -0.25) is 9.36 Å². The minimum absolute atomic E-state index is 0.111. The molecule has 0 saturated carbocycles. The fourth-order valence-electron chi connectivity index (χ4n) is 2.10. The Kier molecular flexibility index (Phi) is 6.92. The van der Waals surface area contributed by atoms with E-state index in [0.717, 1.165) is 41.8 Å². The number of aromatic nitrogens is 3. The molecule has 1 aromatic carbocycles. The van der Waals surface area contributed by atoms with Crippen molar-refractivity contribution in [2.24, 2.45) is 0 Å². The number of rotatable bonds is 8. The molecule has 0 fully saturated rings. The van der Waals surface area contributed by atoms with Gasteiger partial charge in [-0.15, -0.1) is 10.2 Å². The number of nitrogens with zero attached hydrogens (tertiary/aromatic N) is 3. The van der Waals surface area contributed by atoms with Crippen LogP contribution in [0, 0.1) is 6.92 Å². The number of hydrogen-bond acceptors (Lipinski definition) is 4. The number of halogens is 1. The molecule has 0 unspecified atom stereocenters. The van der Waals surface area contributed by atoms with E-state index in [1.54, 1.807) is 11.8 Å². The van der Waals surface area contributed by atoms with Crippen LogP contribution in [0.4, 0.5) is 0 Å². The first-order valence-corrected chi connectivity index (χ1v) is 9.05. The Hall–Kier alpha value is -1.53. The van der Waals surface area contributed by atoms with Gasteiger partial charge in [-0.1, -0.05) is 36.4 Å². The van der Waals surface area contributed by atoms with Crippen molar-refractivity contribution < 1.29 is 4.79 Å². The van der Waals surface area contributed by atoms with Gasteiger partial charge in [0.05, 0.1) is 5.69 Å². The molecule has 0 bridgehead atoms. The van der Waals surface area contributed by atoms with Crippen molar-refractivity contribution in [3.63, 3.8) is 0 Å². The van der Waals surface area contributed by atoms with Crippen molar-refractivity contribution in [3.8, 4) is 5.69 Å². The number of aryl methyl sites for hydroxylation is 1. The summed E-state index contributed by atoms with van der Waals surface area (Å²) < 4.78 is 1.98. The minimum atomic E-state index is 0.111. The molecule has 2 aromatic rings. The average Bonchev–Trinajstić information content (AvgIpc) is 2.90. The van der Waals surface area contributed by atoms with E-state index in [9.17, 15) is 4.79 Å². The van der Waals surface area contributed by atoms with Crippen LogP contribution in [0.5, 0.6) is 0 Å². The molecule has 0 aliphatic carbocycles. The first-order valence-electron chi connectivity index (χ1n) is 7.69. The fourth-order valence-corrected chi connectivity index (χ4v) is 3.22. The smallest absolute Gasteiger partial charge is 0.220 e. The van der Waals surface area contributed by atoms with Crippen molar-refractivity contribution in [2.45, 2.75) is 38.3 Å². The first-order chi connectivity index (χ1) is 11.1. The van der Waals surface area contributed by atoms with Crippen molar-refractivity contribution in [1.29, 1.82) is 0 Å². The predicted octanol–water partition coefficient (Wildman–Crippen LogP) is 3.63. The molecule has 7 heteroatoms. The van der Waals surface area contributed by atoms with Crippen molar-refractivity contribution in [3.05, 3.63) is 35.1 Å². The summed E-state index contributed by atoms with van der Waals surface area (Å²) in [5, 5.41) is 12.7. The Morgan fingerprint density at radius 2 is 2.22 bits per heavy atom. The molecule has 124 valence electrons. The van der Waals surface area contributed by atoms with Gasteiger partial charge < -0.3 is 5.32 Å². The molecule has 1 N–H and O–H groups in total. The second kappa shape index (κ2) is 8.93. The molecule has 0 aliphatic heterocycles. The first kappa shape index (κ1) is 17.8. The molecule has 0 saturated heterocycles. The number of hydrogen-bond donors (Lipinski definition) is 1. The van der Waals surface area contributed by atoms with Gasteiger partial charge in [-0.2, -0.15) is 0 Å². The zero-order valence-electron chi connectivity index (χ0n) is 13.4. The second-order valence-corrected chi connectivity index (χ2v) is 6.65. The van der Waals surface area contributed by atoms with Crippen molar-refractivity contribution >= 4 is 29.3 Å². The summed E-state index contributed by atoms with van der Waals surface area (Å²) >= 11 is 7.66. The maximum Gasteiger partial charge on any atom is 0.220 e. The van der Waals surface area contributed by atoms with Crippen LogP contribution >= 0.6 is 23.4 Å². The van der Waals surface area contributed by atoms with Gasteiger partial charge in [0.2, 0.25) is 5.91 Å². The van der Waals surface area contributed by atoms with E-state index >= 15 is 0 Å². The quantitative estimate of drug-likeness (QED) is 0.582. The molecule has 2 rings (SSSR count). The van der Waals surface area contributed by atoms with Gasteiger partial charge in [-0.05, 0) is 38.0 Å². The van der Waals surface area contributed by atoms with E-state index in [2.05, 4.69) is 15.5 Å². The van der Waals surface area contributed by atoms with E-state index in [0.29, 0.717) is 11.4 Å². The Morgan fingerprint density at radius 3 is 2.96 bits per heavy atom. The van der Waals surface area contributed by atoms with E-state index in [4.69, 9.17) is 11.6 Å². The number of carbonyl (C=O) groups excluding carboxylic acids is 1. The lowest BCUT2D eigenvalue weighted by molar-refractivity contribution is -0.121. The summed E-state index contributed by atoms with van der Waals surface area (Å²) in [5.41, 5.74) is 0.947. The van der Waals surface area contributed by atoms with E-state index in [-0.39, 0.29) is 5.91 Å². The summed E-state index contributed by atoms with van der Waals surface area (Å²) in [6, 6.07) is 7.61. The zero-order valence-corrected chi connectivity index (χ0v) is 15.0. The third-order valence-electron chi connectivity index (χ3n) is 3.21. The molecular formula is C16H21ClN4OS. The second-order valence-electron chi connectivity index (χ2n) is 5.15. The highest BCUT2D eigenvalue weighted by atomic mass is 35.5. The molecule has 0 aliphatic rings. The topological polar surface area (TPSA) is 59.8 Å². The zero-order chi connectivity index (χ0) is 16.7. The molecule has 23 heavy (non-hydrogen) atoms. The molecule has 0 atom stereocenters. The minimum Gasteiger partial charge on any atom is -0.356 e. The number of carbonyl (C=O) groups is 1. The molecule has 5 nitrogen and oxygen atoms in total. The fraction of sp³-hybridized carbons (Fsp3) is 0.438. The highest BCUT2D eigenvalue weighted by Gasteiger charge is 2.12. The highest BCUT2D eigenvalue weighted by Crippen LogP contribution is 2.24. The SMILES string of the molecule is CCCNC(=O)CCCSc1nnc(C)n1-c1cccc(Cl)c1. The van der Waals surface area contributed by atoms with Crippen molar-refractivity contribution in [1.82, 2.24) is 20.1 Å². The molecule has 1 heterocycles. The highest BCUT2D eigenvalue weighted by molar-refractivity contribution is 7.99. The summed E-state index contributed by atoms with van der Waals surface area (Å²) in [6.45, 7) is 4.70. The molecule has 1 aromatic heterocycles. The largest absolute Gasteiger partial charge is 0.356 e. The number of nitrogens with one attached hydrogen (secondary N) is 1. The predicted molar refractivity (Wildman–Crippen MR) is 94.4 cm³/mol. The van der Waals surface area contributed by atoms with Crippen LogP contribution in [-0.2, 0) is 4.79 Å². The van der Waals surface area contributed by atoms with Crippen LogP contribution in [0.2, 0.25) is 5.02 Å². The lowest BCUT2D eigenvalue weighted by Crippen LogP contribution is -2.23. The average molecular weight is 353 g/mol. The van der Waals surface area contributed by atoms with E-state index < -0.39 is 0 Å². The lowest BCUT2D eigenvalue weighted by Gasteiger charge is -2.08. The maximum absolute atomic E-state index is 11.6. The molecule has 1 amide bonds. The molecule has 0 spiro atoms. The van der Waals surface area contributed by atoms with Crippen molar-refractivity contribution in [2.75, 3.05) is 12.3 Å².